The molecule has 20 heavy (non-hydrogen) atoms. The van der Waals surface area contributed by atoms with Crippen molar-refractivity contribution in [1.82, 2.24) is 9.55 Å². The molecule has 2 aromatic carbocycles. The molecule has 0 bridgehead atoms. The maximum Gasteiger partial charge on any atom is 0.154 e. The van der Waals surface area contributed by atoms with E-state index >= 15 is 0 Å². The number of carbonyl (C=O) groups is 1. The summed E-state index contributed by atoms with van der Waals surface area (Å²) < 4.78 is 7.66. The summed E-state index contributed by atoms with van der Waals surface area (Å²) in [6.45, 7) is 1.20. The van der Waals surface area contributed by atoms with Crippen LogP contribution in [0.1, 0.15) is 10.4 Å². The summed E-state index contributed by atoms with van der Waals surface area (Å²) in [4.78, 5) is 15.3. The number of carbonyl (C=O) groups excluding carboxylic acids is 1. The van der Waals surface area contributed by atoms with Gasteiger partial charge < -0.3 is 9.30 Å². The molecule has 0 saturated heterocycles. The van der Waals surface area contributed by atoms with Crippen LogP contribution in [-0.4, -0.2) is 22.4 Å². The van der Waals surface area contributed by atoms with Crippen LogP contribution in [0.5, 0.6) is 5.75 Å². The van der Waals surface area contributed by atoms with E-state index in [4.69, 9.17) is 4.74 Å². The molecule has 100 valence electrons. The molecule has 0 atom stereocenters. The third-order valence-electron chi connectivity index (χ3n) is 3.21. The topological polar surface area (TPSA) is 44.1 Å². The van der Waals surface area contributed by atoms with Gasteiger partial charge in [0.25, 0.3) is 0 Å². The number of ether oxygens (including phenoxy) is 1. The predicted molar refractivity (Wildman–Crippen MR) is 77.1 cm³/mol. The minimum atomic E-state index is 0.496. The lowest BCUT2D eigenvalue weighted by atomic mass is 10.0. The Morgan fingerprint density at radius 2 is 2.10 bits per heavy atom. The van der Waals surface area contributed by atoms with E-state index in [1.165, 1.54) is 0 Å². The zero-order valence-corrected chi connectivity index (χ0v) is 10.9. The predicted octanol–water partition coefficient (Wildman–Crippen LogP) is 2.93. The number of fused-ring (bicyclic) bond motifs is 1. The Hall–Kier alpha value is -2.62. The van der Waals surface area contributed by atoms with Crippen LogP contribution in [0.15, 0.2) is 55.1 Å². The van der Waals surface area contributed by atoms with Crippen molar-refractivity contribution < 1.29 is 9.53 Å². The highest BCUT2D eigenvalue weighted by molar-refractivity contribution is 6.00. The average molecular weight is 266 g/mol. The van der Waals surface area contributed by atoms with Gasteiger partial charge in [-0.25, -0.2) is 4.98 Å². The largest absolute Gasteiger partial charge is 0.491 e. The number of rotatable bonds is 5. The van der Waals surface area contributed by atoms with E-state index in [2.05, 4.69) is 4.98 Å². The zero-order chi connectivity index (χ0) is 13.8. The van der Waals surface area contributed by atoms with Crippen molar-refractivity contribution >= 4 is 17.1 Å². The summed E-state index contributed by atoms with van der Waals surface area (Å²) in [5, 5.41) is 1.96. The van der Waals surface area contributed by atoms with Crippen LogP contribution in [0.3, 0.4) is 0 Å². The van der Waals surface area contributed by atoms with Gasteiger partial charge in [0.05, 0.1) is 18.4 Å². The van der Waals surface area contributed by atoms with Crippen molar-refractivity contribution in [2.24, 2.45) is 0 Å². The van der Waals surface area contributed by atoms with Gasteiger partial charge in [0.15, 0.2) is 6.29 Å². The third kappa shape index (κ3) is 2.40. The monoisotopic (exact) mass is 266 g/mol. The smallest absolute Gasteiger partial charge is 0.154 e. The summed E-state index contributed by atoms with van der Waals surface area (Å²) in [6.07, 6.45) is 6.20. The van der Waals surface area contributed by atoms with Crippen molar-refractivity contribution in [2.75, 3.05) is 6.61 Å². The van der Waals surface area contributed by atoms with Crippen LogP contribution < -0.4 is 4.74 Å². The van der Waals surface area contributed by atoms with Crippen molar-refractivity contribution in [2.45, 2.75) is 6.54 Å². The molecule has 3 rings (SSSR count). The first-order valence-electron chi connectivity index (χ1n) is 6.44. The van der Waals surface area contributed by atoms with Gasteiger partial charge in [-0.15, -0.1) is 0 Å². The Balaban J connectivity index is 1.82. The van der Waals surface area contributed by atoms with E-state index in [1.54, 1.807) is 12.5 Å². The molecular formula is C16H14N2O2. The molecule has 0 amide bonds. The quantitative estimate of drug-likeness (QED) is 0.667. The molecule has 0 spiro atoms. The first-order chi connectivity index (χ1) is 9.88. The SMILES string of the molecule is O=Cc1c(OCCn2ccnc2)ccc2ccccc12. The van der Waals surface area contributed by atoms with Crippen molar-refractivity contribution in [3.63, 3.8) is 0 Å². The van der Waals surface area contributed by atoms with Gasteiger partial charge in [-0.05, 0) is 16.8 Å². The molecular weight excluding hydrogens is 252 g/mol. The highest BCUT2D eigenvalue weighted by Crippen LogP contribution is 2.26. The number of nitrogens with zero attached hydrogens (tertiary/aromatic N) is 2. The Morgan fingerprint density at radius 3 is 2.90 bits per heavy atom. The second-order valence-electron chi connectivity index (χ2n) is 4.47. The average Bonchev–Trinajstić information content (AvgIpc) is 3.00. The van der Waals surface area contributed by atoms with E-state index in [-0.39, 0.29) is 0 Å². The fourth-order valence-corrected chi connectivity index (χ4v) is 2.20. The second-order valence-corrected chi connectivity index (χ2v) is 4.47. The Labute approximate surface area is 116 Å². The minimum absolute atomic E-state index is 0.496. The van der Waals surface area contributed by atoms with E-state index in [0.717, 1.165) is 17.1 Å². The first-order valence-corrected chi connectivity index (χ1v) is 6.44. The molecule has 0 aliphatic rings. The molecule has 0 saturated carbocycles. The Kier molecular flexibility index (Phi) is 3.46. The fraction of sp³-hybridized carbons (Fsp3) is 0.125. The van der Waals surface area contributed by atoms with E-state index in [9.17, 15) is 4.79 Å². The molecule has 4 nitrogen and oxygen atoms in total. The number of benzene rings is 2. The highest BCUT2D eigenvalue weighted by atomic mass is 16.5. The van der Waals surface area contributed by atoms with Crippen LogP contribution >= 0.6 is 0 Å². The number of hydrogen-bond donors (Lipinski definition) is 0. The Morgan fingerprint density at radius 1 is 1.20 bits per heavy atom. The molecule has 1 aromatic heterocycles. The van der Waals surface area contributed by atoms with Gasteiger partial charge >= 0.3 is 0 Å². The zero-order valence-electron chi connectivity index (χ0n) is 10.9. The van der Waals surface area contributed by atoms with Gasteiger partial charge in [0, 0.05) is 12.4 Å². The molecule has 0 fully saturated rings. The number of hydrogen-bond acceptors (Lipinski definition) is 3. The summed E-state index contributed by atoms with van der Waals surface area (Å²) in [6, 6.07) is 11.6. The second kappa shape index (κ2) is 5.57. The molecule has 0 aliphatic heterocycles. The van der Waals surface area contributed by atoms with Crippen molar-refractivity contribution in [3.8, 4) is 5.75 Å². The maximum atomic E-state index is 11.3. The summed E-state index contributed by atoms with van der Waals surface area (Å²) in [5.74, 6) is 0.624. The van der Waals surface area contributed by atoms with Gasteiger partial charge in [-0.1, -0.05) is 30.3 Å². The van der Waals surface area contributed by atoms with Crippen molar-refractivity contribution in [3.05, 3.63) is 60.7 Å². The van der Waals surface area contributed by atoms with Gasteiger partial charge in [0.2, 0.25) is 0 Å². The lowest BCUT2D eigenvalue weighted by Crippen LogP contribution is -2.07. The molecule has 4 heteroatoms. The number of aromatic nitrogens is 2. The lowest BCUT2D eigenvalue weighted by Gasteiger charge is -2.11. The Bertz CT molecular complexity index is 720. The molecule has 0 unspecified atom stereocenters. The van der Waals surface area contributed by atoms with E-state index in [0.29, 0.717) is 24.5 Å². The van der Waals surface area contributed by atoms with E-state index < -0.39 is 0 Å². The minimum Gasteiger partial charge on any atom is -0.491 e. The highest BCUT2D eigenvalue weighted by Gasteiger charge is 2.07. The van der Waals surface area contributed by atoms with Gasteiger partial charge in [-0.3, -0.25) is 4.79 Å². The molecule has 0 N–H and O–H groups in total. The molecule has 3 aromatic rings. The van der Waals surface area contributed by atoms with Crippen LogP contribution in [0.2, 0.25) is 0 Å². The normalized spacial score (nSPS) is 10.6. The summed E-state index contributed by atoms with van der Waals surface area (Å²) >= 11 is 0. The summed E-state index contributed by atoms with van der Waals surface area (Å²) in [5.41, 5.74) is 0.605. The third-order valence-corrected chi connectivity index (χ3v) is 3.21. The van der Waals surface area contributed by atoms with Gasteiger partial charge in [0.1, 0.15) is 12.4 Å². The molecule has 0 aliphatic carbocycles. The number of aldehydes is 1. The van der Waals surface area contributed by atoms with Crippen LogP contribution in [0.25, 0.3) is 10.8 Å². The molecule has 1 heterocycles. The number of imidazole rings is 1. The standard InChI is InChI=1S/C16H14N2O2/c19-11-15-14-4-2-1-3-13(14)5-6-16(15)20-10-9-18-8-7-17-12-18/h1-8,11-12H,9-10H2. The first kappa shape index (κ1) is 12.4. The summed E-state index contributed by atoms with van der Waals surface area (Å²) in [7, 11) is 0. The van der Waals surface area contributed by atoms with Gasteiger partial charge in [-0.2, -0.15) is 0 Å². The van der Waals surface area contributed by atoms with Crippen molar-refractivity contribution in [1.29, 1.82) is 0 Å². The van der Waals surface area contributed by atoms with Crippen LogP contribution in [0.4, 0.5) is 0 Å². The van der Waals surface area contributed by atoms with Crippen LogP contribution in [-0.2, 0) is 6.54 Å². The lowest BCUT2D eigenvalue weighted by molar-refractivity contribution is 0.112. The molecule has 0 radical (unpaired) electrons. The maximum absolute atomic E-state index is 11.3. The van der Waals surface area contributed by atoms with E-state index in [1.807, 2.05) is 47.2 Å². The fourth-order valence-electron chi connectivity index (χ4n) is 2.20. The van der Waals surface area contributed by atoms with Crippen LogP contribution in [0, 0.1) is 0 Å².